The number of amides is 1. The second kappa shape index (κ2) is 13.9. The molecule has 2 aliphatic heterocycles. The molecule has 0 fully saturated rings. The Hall–Kier alpha value is -4.10. The Morgan fingerprint density at radius 2 is 1.79 bits per heavy atom. The van der Waals surface area contributed by atoms with Gasteiger partial charge in [0.2, 0.25) is 23.1 Å². The third kappa shape index (κ3) is 7.46. The zero-order valence-corrected chi connectivity index (χ0v) is 24.5. The van der Waals surface area contributed by atoms with Gasteiger partial charge in [-0.3, -0.25) is 4.79 Å². The summed E-state index contributed by atoms with van der Waals surface area (Å²) in [5.41, 5.74) is 1.83. The van der Waals surface area contributed by atoms with Gasteiger partial charge in [-0.25, -0.2) is 8.42 Å². The average molecular weight is 611 g/mol. The van der Waals surface area contributed by atoms with E-state index in [1.165, 1.54) is 19.2 Å². The van der Waals surface area contributed by atoms with E-state index in [4.69, 9.17) is 23.7 Å². The fraction of sp³-hybridized carbons (Fsp3) is 0.323. The van der Waals surface area contributed by atoms with Crippen molar-refractivity contribution in [2.75, 3.05) is 40.2 Å². The molecule has 0 aromatic heterocycles. The van der Waals surface area contributed by atoms with Crippen LogP contribution in [0.15, 0.2) is 89.5 Å². The number of hydrogen-bond acceptors (Lipinski definition) is 9. The van der Waals surface area contributed by atoms with Crippen molar-refractivity contribution in [3.63, 3.8) is 0 Å². The molecular weight excluding hydrogens is 576 g/mol. The van der Waals surface area contributed by atoms with Crippen LogP contribution in [-0.4, -0.2) is 70.2 Å². The average Bonchev–Trinajstić information content (AvgIpc) is 3.52. The maximum atomic E-state index is 13.3. The fourth-order valence-corrected chi connectivity index (χ4v) is 6.22. The molecule has 2 atom stereocenters. The highest BCUT2D eigenvalue weighted by atomic mass is 32.2. The fourth-order valence-electron chi connectivity index (χ4n) is 4.81. The topological polar surface area (TPSA) is 133 Å². The van der Waals surface area contributed by atoms with E-state index in [1.807, 2.05) is 48.5 Å². The molecule has 0 saturated carbocycles. The molecule has 0 bridgehead atoms. The molecular formula is C31H34N2O9S. The van der Waals surface area contributed by atoms with E-state index >= 15 is 0 Å². The third-order valence-electron chi connectivity index (χ3n) is 7.09. The number of carbonyl (C=O) groups is 1. The highest BCUT2D eigenvalue weighted by Crippen LogP contribution is 2.38. The maximum Gasteiger partial charge on any atom is 0.286 e. The van der Waals surface area contributed by atoms with Gasteiger partial charge in [-0.1, -0.05) is 36.4 Å². The molecule has 0 saturated heterocycles. The number of allylic oxidation sites excluding steroid dienone is 1. The summed E-state index contributed by atoms with van der Waals surface area (Å²) >= 11 is 0. The van der Waals surface area contributed by atoms with Crippen molar-refractivity contribution < 1.29 is 42.0 Å². The van der Waals surface area contributed by atoms with Gasteiger partial charge in [0.15, 0.2) is 17.3 Å². The minimum atomic E-state index is -3.91. The van der Waals surface area contributed by atoms with Crippen molar-refractivity contribution in [1.29, 1.82) is 0 Å². The van der Waals surface area contributed by atoms with Crippen LogP contribution in [-0.2, 0) is 30.8 Å². The van der Waals surface area contributed by atoms with Gasteiger partial charge in [0.1, 0.15) is 5.75 Å². The van der Waals surface area contributed by atoms with Crippen molar-refractivity contribution in [2.24, 2.45) is 0 Å². The standard InChI is InChI=1S/C31H34N2O9S/c1-38-25-8-10-26(11-9-25)43(36,37)33(13-15-34)14-16-39-30-19-24(23-7-12-27-28(17-23)41-21-40-27)18-29(42-30)31(35)32-20-22-5-3-2-4-6-22/h2-12,17-18,24,30,34H,13-16,19-21H2,1H3,(H,32,35)/t24-,30+/m1/s1. The van der Waals surface area contributed by atoms with Gasteiger partial charge >= 0.3 is 0 Å². The Labute approximate surface area is 250 Å². The molecule has 5 rings (SSSR count). The molecule has 0 aliphatic carbocycles. The van der Waals surface area contributed by atoms with E-state index in [0.717, 1.165) is 15.4 Å². The van der Waals surface area contributed by atoms with Crippen molar-refractivity contribution in [2.45, 2.75) is 30.1 Å². The van der Waals surface area contributed by atoms with Crippen LogP contribution in [0.5, 0.6) is 17.2 Å². The van der Waals surface area contributed by atoms with Gasteiger partial charge in [0.25, 0.3) is 5.91 Å². The smallest absolute Gasteiger partial charge is 0.286 e. The molecule has 2 aliphatic rings. The number of hydrogen-bond donors (Lipinski definition) is 2. The maximum absolute atomic E-state index is 13.3. The van der Waals surface area contributed by atoms with Crippen molar-refractivity contribution in [3.8, 4) is 17.2 Å². The van der Waals surface area contributed by atoms with E-state index in [2.05, 4.69) is 5.32 Å². The highest BCUT2D eigenvalue weighted by molar-refractivity contribution is 7.89. The van der Waals surface area contributed by atoms with Crippen LogP contribution in [0, 0.1) is 0 Å². The van der Waals surface area contributed by atoms with Crippen LogP contribution in [0.3, 0.4) is 0 Å². The lowest BCUT2D eigenvalue weighted by Gasteiger charge is -2.30. The number of aliphatic hydroxyl groups excluding tert-OH is 1. The molecule has 0 unspecified atom stereocenters. The largest absolute Gasteiger partial charge is 0.497 e. The summed E-state index contributed by atoms with van der Waals surface area (Å²) in [5, 5.41) is 12.5. The predicted molar refractivity (Wildman–Crippen MR) is 156 cm³/mol. The number of rotatable bonds is 13. The van der Waals surface area contributed by atoms with Crippen molar-refractivity contribution in [1.82, 2.24) is 9.62 Å². The Morgan fingerprint density at radius 3 is 2.53 bits per heavy atom. The molecule has 0 radical (unpaired) electrons. The monoisotopic (exact) mass is 610 g/mol. The zero-order valence-electron chi connectivity index (χ0n) is 23.7. The summed E-state index contributed by atoms with van der Waals surface area (Å²) in [6.45, 7) is -0.0907. The van der Waals surface area contributed by atoms with Crippen LogP contribution in [0.4, 0.5) is 0 Å². The van der Waals surface area contributed by atoms with E-state index in [-0.39, 0.29) is 49.7 Å². The van der Waals surface area contributed by atoms with E-state index < -0.39 is 22.2 Å². The van der Waals surface area contributed by atoms with E-state index in [0.29, 0.717) is 30.2 Å². The Kier molecular flexibility index (Phi) is 9.82. The van der Waals surface area contributed by atoms with Gasteiger partial charge in [0.05, 0.1) is 25.2 Å². The Morgan fingerprint density at radius 1 is 1.02 bits per heavy atom. The molecule has 228 valence electrons. The van der Waals surface area contributed by atoms with Gasteiger partial charge < -0.3 is 34.1 Å². The quantitative estimate of drug-likeness (QED) is 0.300. The first-order valence-electron chi connectivity index (χ1n) is 13.8. The predicted octanol–water partition coefficient (Wildman–Crippen LogP) is 3.15. The molecule has 12 heteroatoms. The number of fused-ring (bicyclic) bond motifs is 1. The third-order valence-corrected chi connectivity index (χ3v) is 9.01. The highest BCUT2D eigenvalue weighted by Gasteiger charge is 2.31. The zero-order chi connectivity index (χ0) is 30.2. The molecule has 43 heavy (non-hydrogen) atoms. The molecule has 2 heterocycles. The second-order valence-corrected chi connectivity index (χ2v) is 11.8. The minimum Gasteiger partial charge on any atom is -0.497 e. The summed E-state index contributed by atoms with van der Waals surface area (Å²) in [6.07, 6.45) is 1.29. The van der Waals surface area contributed by atoms with Gasteiger partial charge in [-0.15, -0.1) is 0 Å². The summed E-state index contributed by atoms with van der Waals surface area (Å²) in [4.78, 5) is 13.2. The van der Waals surface area contributed by atoms with Crippen LogP contribution in [0.2, 0.25) is 0 Å². The first-order valence-corrected chi connectivity index (χ1v) is 15.3. The summed E-state index contributed by atoms with van der Waals surface area (Å²) in [7, 11) is -2.42. The van der Waals surface area contributed by atoms with Crippen LogP contribution in [0.25, 0.3) is 0 Å². The van der Waals surface area contributed by atoms with E-state index in [9.17, 15) is 18.3 Å². The van der Waals surface area contributed by atoms with Gasteiger partial charge in [-0.05, 0) is 53.6 Å². The van der Waals surface area contributed by atoms with Crippen LogP contribution in [0.1, 0.15) is 23.5 Å². The summed E-state index contributed by atoms with van der Waals surface area (Å²) in [5.74, 6) is 1.25. The number of methoxy groups -OCH3 is 1. The van der Waals surface area contributed by atoms with Gasteiger partial charge in [-0.2, -0.15) is 4.31 Å². The normalized spacial score (nSPS) is 17.7. The van der Waals surface area contributed by atoms with Crippen LogP contribution >= 0.6 is 0 Å². The second-order valence-electron chi connectivity index (χ2n) is 9.88. The van der Waals surface area contributed by atoms with Crippen molar-refractivity contribution in [3.05, 3.63) is 95.8 Å². The van der Waals surface area contributed by atoms with E-state index in [1.54, 1.807) is 18.2 Å². The van der Waals surface area contributed by atoms with Gasteiger partial charge in [0, 0.05) is 32.0 Å². The minimum absolute atomic E-state index is 0.0349. The molecule has 3 aromatic carbocycles. The number of benzene rings is 3. The SMILES string of the molecule is COc1ccc(S(=O)(=O)N(CCO)CCO[C@@H]2C[C@H](c3ccc4c(c3)OCO4)C=C(C(=O)NCc3ccccc3)O2)cc1. The number of ether oxygens (including phenoxy) is 5. The lowest BCUT2D eigenvalue weighted by Crippen LogP contribution is -2.38. The summed E-state index contributed by atoms with van der Waals surface area (Å²) < 4.78 is 55.7. The van der Waals surface area contributed by atoms with Crippen molar-refractivity contribution >= 4 is 15.9 Å². The van der Waals surface area contributed by atoms with Crippen LogP contribution < -0.4 is 19.5 Å². The lowest BCUT2D eigenvalue weighted by atomic mass is 9.92. The summed E-state index contributed by atoms with van der Waals surface area (Å²) in [6, 6.07) is 21.1. The molecule has 11 nitrogen and oxygen atoms in total. The first kappa shape index (κ1) is 30.4. The number of aliphatic hydroxyl groups is 1. The molecule has 2 N–H and O–H groups in total. The lowest BCUT2D eigenvalue weighted by molar-refractivity contribution is -0.146. The molecule has 1 amide bonds. The molecule has 3 aromatic rings. The Bertz CT molecular complexity index is 1530. The number of sulfonamides is 1. The Balaban J connectivity index is 1.28. The number of nitrogens with one attached hydrogen (secondary N) is 1. The first-order chi connectivity index (χ1) is 20.9. The number of carbonyl (C=O) groups excluding carboxylic acids is 1. The number of nitrogens with zero attached hydrogens (tertiary/aromatic N) is 1. The molecule has 0 spiro atoms.